The monoisotopic (exact) mass is 475 g/mol. The molecule has 2 heterocycles. The van der Waals surface area contributed by atoms with Gasteiger partial charge in [-0.1, -0.05) is 29.4 Å². The maximum absolute atomic E-state index is 13.3. The molecule has 9 heteroatoms. The number of hydrogen-bond donors (Lipinski definition) is 1. The molecular weight excluding hydrogens is 454 g/mol. The van der Waals surface area contributed by atoms with E-state index in [1.807, 2.05) is 0 Å². The van der Waals surface area contributed by atoms with Gasteiger partial charge in [-0.25, -0.2) is 4.98 Å². The summed E-state index contributed by atoms with van der Waals surface area (Å²) in [6, 6.07) is 5.03. The first-order valence-corrected chi connectivity index (χ1v) is 12.0. The predicted octanol–water partition coefficient (Wildman–Crippen LogP) is 4.91. The van der Waals surface area contributed by atoms with E-state index in [1.165, 1.54) is 23.7 Å². The number of aromatic nitrogens is 2. The lowest BCUT2D eigenvalue weighted by Crippen LogP contribution is -2.27. The first-order chi connectivity index (χ1) is 14.9. The Morgan fingerprint density at radius 1 is 1.48 bits per heavy atom. The molecule has 0 saturated carbocycles. The Balaban J connectivity index is 1.64. The number of ether oxygens (including phenoxy) is 1. The van der Waals surface area contributed by atoms with Crippen LogP contribution in [0.25, 0.3) is 10.2 Å². The summed E-state index contributed by atoms with van der Waals surface area (Å²) in [4.78, 5) is 32.9. The number of methoxy groups -OCH3 is 1. The van der Waals surface area contributed by atoms with Crippen LogP contribution in [0, 0.1) is 0 Å². The van der Waals surface area contributed by atoms with Gasteiger partial charge in [-0.05, 0) is 49.9 Å². The minimum Gasteiger partial charge on any atom is -0.495 e. The van der Waals surface area contributed by atoms with Crippen LogP contribution in [0.4, 0.5) is 5.69 Å². The van der Waals surface area contributed by atoms with Gasteiger partial charge in [-0.3, -0.25) is 14.2 Å². The number of rotatable bonds is 7. The van der Waals surface area contributed by atoms with E-state index in [0.717, 1.165) is 35.0 Å². The fourth-order valence-corrected chi connectivity index (χ4v) is 6.05. The second-order valence-corrected chi connectivity index (χ2v) is 10.1. The third kappa shape index (κ3) is 4.24. The van der Waals surface area contributed by atoms with E-state index in [1.54, 1.807) is 47.1 Å². The van der Waals surface area contributed by atoms with Gasteiger partial charge in [0.15, 0.2) is 5.16 Å². The van der Waals surface area contributed by atoms with Crippen molar-refractivity contribution in [3.8, 4) is 5.75 Å². The number of thiophene rings is 1. The van der Waals surface area contributed by atoms with Crippen molar-refractivity contribution < 1.29 is 9.53 Å². The van der Waals surface area contributed by atoms with E-state index in [0.29, 0.717) is 28.2 Å². The Labute approximate surface area is 193 Å². The van der Waals surface area contributed by atoms with E-state index in [9.17, 15) is 9.59 Å². The third-order valence-electron chi connectivity index (χ3n) is 5.17. The highest BCUT2D eigenvalue weighted by molar-refractivity contribution is 8.00. The minimum absolute atomic E-state index is 0.0593. The van der Waals surface area contributed by atoms with Crippen molar-refractivity contribution in [2.75, 3.05) is 12.4 Å². The standard InChI is InChI=1S/C22H22ClN3O3S2/c1-4-10-26-21(28)18-14-6-5-7-17(14)31-20(18)25-22(26)30-12(2)19(27)24-15-11-13(23)8-9-16(15)29-3/h4,8-9,11-12H,1,5-7,10H2,2-3H3,(H,24,27). The maximum atomic E-state index is 13.3. The number of carbonyl (C=O) groups is 1. The van der Waals surface area contributed by atoms with E-state index in [-0.39, 0.29) is 11.5 Å². The Morgan fingerprint density at radius 3 is 3.03 bits per heavy atom. The molecule has 1 N–H and O–H groups in total. The highest BCUT2D eigenvalue weighted by Crippen LogP contribution is 2.36. The SMILES string of the molecule is C=CCn1c(SC(C)C(=O)Nc2cc(Cl)ccc2OC)nc2sc3c(c2c1=O)CCC3. The molecule has 0 saturated heterocycles. The van der Waals surface area contributed by atoms with Gasteiger partial charge in [0.1, 0.15) is 10.6 Å². The summed E-state index contributed by atoms with van der Waals surface area (Å²) < 4.78 is 6.90. The van der Waals surface area contributed by atoms with Crippen molar-refractivity contribution >= 4 is 56.5 Å². The molecule has 0 bridgehead atoms. The summed E-state index contributed by atoms with van der Waals surface area (Å²) in [6.45, 7) is 5.89. The van der Waals surface area contributed by atoms with Crippen LogP contribution in [-0.4, -0.2) is 27.8 Å². The molecule has 0 fully saturated rings. The molecule has 162 valence electrons. The number of allylic oxidation sites excluding steroid dienone is 1. The maximum Gasteiger partial charge on any atom is 0.263 e. The number of benzene rings is 1. The second-order valence-electron chi connectivity index (χ2n) is 7.23. The third-order valence-corrected chi connectivity index (χ3v) is 7.68. The number of anilines is 1. The zero-order valence-electron chi connectivity index (χ0n) is 17.2. The summed E-state index contributed by atoms with van der Waals surface area (Å²) in [6.07, 6.45) is 4.68. The van der Waals surface area contributed by atoms with Gasteiger partial charge < -0.3 is 10.1 Å². The molecule has 4 rings (SSSR count). The summed E-state index contributed by atoms with van der Waals surface area (Å²) in [5.74, 6) is 0.282. The number of thioether (sulfide) groups is 1. The van der Waals surface area contributed by atoms with Crippen LogP contribution in [0.1, 0.15) is 23.8 Å². The molecule has 1 atom stereocenters. The first kappa shape index (κ1) is 21.9. The smallest absolute Gasteiger partial charge is 0.263 e. The molecule has 2 aromatic heterocycles. The second kappa shape index (κ2) is 9.06. The number of aryl methyl sites for hydroxylation is 2. The van der Waals surface area contributed by atoms with Gasteiger partial charge in [0.25, 0.3) is 5.56 Å². The minimum atomic E-state index is -0.504. The van der Waals surface area contributed by atoms with Gasteiger partial charge >= 0.3 is 0 Å². The number of halogens is 1. The van der Waals surface area contributed by atoms with Crippen LogP contribution in [0.15, 0.2) is 40.8 Å². The molecule has 6 nitrogen and oxygen atoms in total. The summed E-state index contributed by atoms with van der Waals surface area (Å²) in [5.41, 5.74) is 1.58. The van der Waals surface area contributed by atoms with Crippen LogP contribution in [-0.2, 0) is 24.2 Å². The molecule has 1 aliphatic carbocycles. The van der Waals surface area contributed by atoms with Crippen molar-refractivity contribution in [2.45, 2.75) is 43.1 Å². The quantitative estimate of drug-likeness (QED) is 0.298. The Kier molecular flexibility index (Phi) is 6.41. The van der Waals surface area contributed by atoms with Gasteiger partial charge in [0, 0.05) is 16.4 Å². The number of carbonyl (C=O) groups excluding carboxylic acids is 1. The molecule has 1 amide bonds. The van der Waals surface area contributed by atoms with Crippen molar-refractivity contribution in [3.63, 3.8) is 0 Å². The largest absolute Gasteiger partial charge is 0.495 e. The van der Waals surface area contributed by atoms with Crippen molar-refractivity contribution in [2.24, 2.45) is 0 Å². The van der Waals surface area contributed by atoms with Gasteiger partial charge in [-0.2, -0.15) is 0 Å². The van der Waals surface area contributed by atoms with Crippen LogP contribution in [0.3, 0.4) is 0 Å². The average molecular weight is 476 g/mol. The Morgan fingerprint density at radius 2 is 2.29 bits per heavy atom. The van der Waals surface area contributed by atoms with E-state index in [4.69, 9.17) is 21.3 Å². The molecule has 1 aromatic carbocycles. The van der Waals surface area contributed by atoms with E-state index < -0.39 is 5.25 Å². The van der Waals surface area contributed by atoms with Crippen LogP contribution in [0.2, 0.25) is 5.02 Å². The van der Waals surface area contributed by atoms with Gasteiger partial charge in [0.05, 0.1) is 23.4 Å². The number of nitrogens with one attached hydrogen (secondary N) is 1. The van der Waals surface area contributed by atoms with Gasteiger partial charge in [-0.15, -0.1) is 17.9 Å². The summed E-state index contributed by atoms with van der Waals surface area (Å²) >= 11 is 8.90. The zero-order chi connectivity index (χ0) is 22.1. The number of nitrogens with zero attached hydrogens (tertiary/aromatic N) is 2. The van der Waals surface area contributed by atoms with E-state index >= 15 is 0 Å². The average Bonchev–Trinajstić information content (AvgIpc) is 3.31. The lowest BCUT2D eigenvalue weighted by atomic mass is 10.2. The van der Waals surface area contributed by atoms with Crippen molar-refractivity contribution in [3.05, 3.63) is 56.7 Å². The van der Waals surface area contributed by atoms with Crippen LogP contribution < -0.4 is 15.6 Å². The lowest BCUT2D eigenvalue weighted by molar-refractivity contribution is -0.115. The number of fused-ring (bicyclic) bond motifs is 3. The number of amides is 1. The topological polar surface area (TPSA) is 73.2 Å². The molecule has 0 radical (unpaired) electrons. The lowest BCUT2D eigenvalue weighted by Gasteiger charge is -2.16. The fourth-order valence-electron chi connectivity index (χ4n) is 3.66. The van der Waals surface area contributed by atoms with Crippen LogP contribution >= 0.6 is 34.7 Å². The summed E-state index contributed by atoms with van der Waals surface area (Å²) in [5, 5.41) is 4.08. The van der Waals surface area contributed by atoms with Crippen molar-refractivity contribution in [1.82, 2.24) is 9.55 Å². The highest BCUT2D eigenvalue weighted by Gasteiger charge is 2.25. The van der Waals surface area contributed by atoms with Gasteiger partial charge in [0.2, 0.25) is 5.91 Å². The van der Waals surface area contributed by atoms with E-state index in [2.05, 4.69) is 11.9 Å². The van der Waals surface area contributed by atoms with Crippen molar-refractivity contribution in [1.29, 1.82) is 0 Å². The number of hydrogen-bond acceptors (Lipinski definition) is 6. The molecule has 1 unspecified atom stereocenters. The Hall–Kier alpha value is -2.29. The molecule has 31 heavy (non-hydrogen) atoms. The van der Waals surface area contributed by atoms with Crippen LogP contribution in [0.5, 0.6) is 5.75 Å². The molecule has 3 aromatic rings. The normalized spacial score (nSPS) is 13.8. The fraction of sp³-hybridized carbons (Fsp3) is 0.318. The highest BCUT2D eigenvalue weighted by atomic mass is 35.5. The molecular formula is C22H22ClN3O3S2. The molecule has 0 aliphatic heterocycles. The predicted molar refractivity (Wildman–Crippen MR) is 128 cm³/mol. The summed E-state index contributed by atoms with van der Waals surface area (Å²) in [7, 11) is 1.53. The zero-order valence-corrected chi connectivity index (χ0v) is 19.6. The molecule has 1 aliphatic rings. The first-order valence-electron chi connectivity index (χ1n) is 9.90. The molecule has 0 spiro atoms. The Bertz CT molecular complexity index is 1230.